The molecule has 7 nitrogen and oxygen atoms in total. The molecule has 0 heterocycles. The number of carboxylic acid groups (broad SMARTS) is 1. The molecular formula is C26H30N2O5. The highest BCUT2D eigenvalue weighted by Crippen LogP contribution is 2.44. The molecule has 7 heteroatoms. The molecule has 0 aromatic heterocycles. The Balaban J connectivity index is 1.37. The Bertz CT molecular complexity index is 958. The van der Waals surface area contributed by atoms with Crippen LogP contribution in [0.1, 0.15) is 49.1 Å². The molecular weight excluding hydrogens is 420 g/mol. The molecule has 2 aromatic carbocycles. The van der Waals surface area contributed by atoms with E-state index in [1.807, 2.05) is 24.3 Å². The van der Waals surface area contributed by atoms with Gasteiger partial charge in [0, 0.05) is 18.9 Å². The van der Waals surface area contributed by atoms with Crippen LogP contribution in [0, 0.1) is 0 Å². The minimum atomic E-state index is -1.05. The summed E-state index contributed by atoms with van der Waals surface area (Å²) in [7, 11) is 0. The second kappa shape index (κ2) is 11.9. The predicted octanol–water partition coefficient (Wildman–Crippen LogP) is 4.23. The standard InChI is InChI=1S/C26H30N2O5/c1-2-3-14-23(25(30)31)28-24(29)15-8-9-16-27-26(32)33-17-22-20-12-6-4-10-18(20)19-11-5-7-13-21(19)22/h2,4-7,10-13,22-23H,1,3,8-9,14-17H2,(H,27,32)(H,28,29)(H,30,31). The topological polar surface area (TPSA) is 105 Å². The van der Waals surface area contributed by atoms with Gasteiger partial charge in [-0.1, -0.05) is 54.6 Å². The Morgan fingerprint density at radius 3 is 2.27 bits per heavy atom. The maximum absolute atomic E-state index is 12.2. The number of carboxylic acids is 1. The van der Waals surface area contributed by atoms with Crippen molar-refractivity contribution in [1.29, 1.82) is 0 Å². The number of nitrogens with one attached hydrogen (secondary N) is 2. The van der Waals surface area contributed by atoms with Gasteiger partial charge in [-0.2, -0.15) is 0 Å². The molecule has 0 spiro atoms. The summed E-state index contributed by atoms with van der Waals surface area (Å²) in [6.45, 7) is 4.19. The van der Waals surface area contributed by atoms with Crippen molar-refractivity contribution >= 4 is 18.0 Å². The summed E-state index contributed by atoms with van der Waals surface area (Å²) in [6.07, 6.45) is 3.28. The number of amides is 2. The number of allylic oxidation sites excluding steroid dienone is 1. The summed E-state index contributed by atoms with van der Waals surface area (Å²) in [5, 5.41) is 14.4. The van der Waals surface area contributed by atoms with Gasteiger partial charge in [0.05, 0.1) is 0 Å². The molecule has 0 saturated heterocycles. The first kappa shape index (κ1) is 24.0. The Morgan fingerprint density at radius 2 is 1.67 bits per heavy atom. The smallest absolute Gasteiger partial charge is 0.407 e. The summed E-state index contributed by atoms with van der Waals surface area (Å²) in [4.78, 5) is 35.3. The molecule has 2 amide bonds. The van der Waals surface area contributed by atoms with Crippen molar-refractivity contribution in [2.24, 2.45) is 0 Å². The van der Waals surface area contributed by atoms with Gasteiger partial charge in [-0.3, -0.25) is 4.79 Å². The van der Waals surface area contributed by atoms with Gasteiger partial charge < -0.3 is 20.5 Å². The van der Waals surface area contributed by atoms with Gasteiger partial charge in [0.25, 0.3) is 0 Å². The largest absolute Gasteiger partial charge is 0.480 e. The molecule has 0 aliphatic heterocycles. The third kappa shape index (κ3) is 6.44. The van der Waals surface area contributed by atoms with Crippen molar-refractivity contribution in [3.63, 3.8) is 0 Å². The van der Waals surface area contributed by atoms with E-state index in [1.165, 1.54) is 11.1 Å². The van der Waals surface area contributed by atoms with Crippen LogP contribution in [0.25, 0.3) is 11.1 Å². The summed E-state index contributed by atoms with van der Waals surface area (Å²) in [5.41, 5.74) is 4.67. The number of hydrogen-bond acceptors (Lipinski definition) is 4. The second-order valence-corrected chi connectivity index (χ2v) is 8.03. The van der Waals surface area contributed by atoms with Gasteiger partial charge in [0.2, 0.25) is 5.91 Å². The molecule has 2 aromatic rings. The number of ether oxygens (including phenoxy) is 1. The molecule has 3 N–H and O–H groups in total. The highest BCUT2D eigenvalue weighted by Gasteiger charge is 2.28. The third-order valence-electron chi connectivity index (χ3n) is 5.74. The first-order chi connectivity index (χ1) is 16.0. The van der Waals surface area contributed by atoms with Crippen molar-refractivity contribution in [3.05, 3.63) is 72.3 Å². The van der Waals surface area contributed by atoms with Crippen LogP contribution in [-0.4, -0.2) is 42.3 Å². The monoisotopic (exact) mass is 450 g/mol. The lowest BCUT2D eigenvalue weighted by Gasteiger charge is -2.15. The maximum atomic E-state index is 12.2. The lowest BCUT2D eigenvalue weighted by Crippen LogP contribution is -2.40. The van der Waals surface area contributed by atoms with E-state index in [0.717, 1.165) is 11.1 Å². The molecule has 0 bridgehead atoms. The maximum Gasteiger partial charge on any atom is 0.407 e. The predicted molar refractivity (Wildman–Crippen MR) is 126 cm³/mol. The molecule has 1 aliphatic rings. The van der Waals surface area contributed by atoms with Gasteiger partial charge in [0.15, 0.2) is 0 Å². The number of hydrogen-bond donors (Lipinski definition) is 3. The molecule has 1 aliphatic carbocycles. The van der Waals surface area contributed by atoms with Gasteiger partial charge >= 0.3 is 12.1 Å². The number of aliphatic carboxylic acids is 1. The summed E-state index contributed by atoms with van der Waals surface area (Å²) < 4.78 is 5.48. The number of fused-ring (bicyclic) bond motifs is 3. The summed E-state index contributed by atoms with van der Waals surface area (Å²) in [5.74, 6) is -1.36. The highest BCUT2D eigenvalue weighted by molar-refractivity contribution is 5.83. The van der Waals surface area contributed by atoms with Crippen molar-refractivity contribution in [2.45, 2.75) is 44.1 Å². The van der Waals surface area contributed by atoms with E-state index < -0.39 is 18.1 Å². The van der Waals surface area contributed by atoms with Crippen molar-refractivity contribution in [2.75, 3.05) is 13.2 Å². The van der Waals surface area contributed by atoms with Gasteiger partial charge in [0.1, 0.15) is 12.6 Å². The molecule has 0 saturated carbocycles. The average molecular weight is 451 g/mol. The van der Waals surface area contributed by atoms with Gasteiger partial charge in [-0.05, 0) is 47.9 Å². The zero-order chi connectivity index (χ0) is 23.6. The van der Waals surface area contributed by atoms with E-state index in [9.17, 15) is 14.4 Å². The minimum Gasteiger partial charge on any atom is -0.480 e. The minimum absolute atomic E-state index is 0.00937. The van der Waals surface area contributed by atoms with E-state index in [4.69, 9.17) is 9.84 Å². The summed E-state index contributed by atoms with van der Waals surface area (Å²) >= 11 is 0. The Morgan fingerprint density at radius 1 is 1.03 bits per heavy atom. The van der Waals surface area contributed by atoms with Gasteiger partial charge in [-0.25, -0.2) is 9.59 Å². The lowest BCUT2D eigenvalue weighted by molar-refractivity contribution is -0.142. The van der Waals surface area contributed by atoms with Crippen molar-refractivity contribution in [1.82, 2.24) is 10.6 Å². The normalized spacial score (nSPS) is 12.8. The number of carbonyl (C=O) groups excluding carboxylic acids is 2. The molecule has 0 radical (unpaired) electrons. The van der Waals surface area contributed by atoms with Crippen LogP contribution >= 0.6 is 0 Å². The molecule has 3 rings (SSSR count). The molecule has 1 unspecified atom stereocenters. The molecule has 174 valence electrons. The third-order valence-corrected chi connectivity index (χ3v) is 5.74. The quantitative estimate of drug-likeness (QED) is 0.332. The van der Waals surface area contributed by atoms with Crippen LogP contribution in [-0.2, 0) is 14.3 Å². The van der Waals surface area contributed by atoms with Crippen LogP contribution in [0.4, 0.5) is 4.79 Å². The fraction of sp³-hybridized carbons (Fsp3) is 0.346. The molecule has 33 heavy (non-hydrogen) atoms. The first-order valence-electron chi connectivity index (χ1n) is 11.2. The van der Waals surface area contributed by atoms with Crippen molar-refractivity contribution < 1.29 is 24.2 Å². The molecule has 1 atom stereocenters. The Kier molecular flexibility index (Phi) is 8.63. The fourth-order valence-electron chi connectivity index (χ4n) is 4.06. The average Bonchev–Trinajstić information content (AvgIpc) is 3.13. The van der Waals surface area contributed by atoms with E-state index >= 15 is 0 Å². The van der Waals surface area contributed by atoms with Crippen molar-refractivity contribution in [3.8, 4) is 11.1 Å². The number of alkyl carbamates (subject to hydrolysis) is 1. The van der Waals surface area contributed by atoms with Crippen LogP contribution in [0.3, 0.4) is 0 Å². The Hall–Kier alpha value is -3.61. The first-order valence-corrected chi connectivity index (χ1v) is 11.2. The number of carbonyl (C=O) groups is 3. The zero-order valence-electron chi connectivity index (χ0n) is 18.6. The molecule has 0 fully saturated rings. The number of rotatable bonds is 12. The van der Waals surface area contributed by atoms with E-state index in [-0.39, 0.29) is 24.9 Å². The van der Waals surface area contributed by atoms with E-state index in [2.05, 4.69) is 41.5 Å². The van der Waals surface area contributed by atoms with Crippen LogP contribution in [0.5, 0.6) is 0 Å². The van der Waals surface area contributed by atoms with Crippen LogP contribution < -0.4 is 10.6 Å². The fourth-order valence-corrected chi connectivity index (χ4v) is 4.06. The Labute approximate surface area is 193 Å². The van der Waals surface area contributed by atoms with Gasteiger partial charge in [-0.15, -0.1) is 6.58 Å². The van der Waals surface area contributed by atoms with Crippen LogP contribution in [0.2, 0.25) is 0 Å². The lowest BCUT2D eigenvalue weighted by atomic mass is 9.98. The zero-order valence-corrected chi connectivity index (χ0v) is 18.6. The number of benzene rings is 2. The highest BCUT2D eigenvalue weighted by atomic mass is 16.5. The van der Waals surface area contributed by atoms with E-state index in [0.29, 0.717) is 32.2 Å². The second-order valence-electron chi connectivity index (χ2n) is 8.03. The summed E-state index contributed by atoms with van der Waals surface area (Å²) in [6, 6.07) is 15.4. The number of unbranched alkanes of at least 4 members (excludes halogenated alkanes) is 1. The van der Waals surface area contributed by atoms with E-state index in [1.54, 1.807) is 6.08 Å². The van der Waals surface area contributed by atoms with Crippen LogP contribution in [0.15, 0.2) is 61.2 Å². The SMILES string of the molecule is C=CCCC(NC(=O)CCCCNC(=O)OCC1c2ccccc2-c2ccccc21)C(=O)O.